The van der Waals surface area contributed by atoms with Gasteiger partial charge in [-0.1, -0.05) is 72.6 Å². The first kappa shape index (κ1) is 48.8. The van der Waals surface area contributed by atoms with Gasteiger partial charge in [0.2, 0.25) is 12.6 Å². The normalized spacial score (nSPS) is 22.3. The lowest BCUT2D eigenvalue weighted by Crippen LogP contribution is -2.70. The molecule has 2 aliphatic carbocycles. The van der Waals surface area contributed by atoms with Crippen molar-refractivity contribution in [3.63, 3.8) is 0 Å². The smallest absolute Gasteiger partial charge is 0.410 e. The van der Waals surface area contributed by atoms with Crippen molar-refractivity contribution in [1.29, 1.82) is 0 Å². The molecular weight excluding hydrogens is 881 g/mol. The zero-order valence-corrected chi connectivity index (χ0v) is 39.2. The number of benzene rings is 4. The summed E-state index contributed by atoms with van der Waals surface area (Å²) in [5, 5.41) is 25.1. The van der Waals surface area contributed by atoms with Crippen molar-refractivity contribution >= 4 is 18.1 Å². The number of hydrogen-bond donors (Lipinski definition) is 2. The van der Waals surface area contributed by atoms with Gasteiger partial charge in [0.15, 0.2) is 17.8 Å². The van der Waals surface area contributed by atoms with Crippen molar-refractivity contribution in [2.75, 3.05) is 40.3 Å². The van der Waals surface area contributed by atoms with Crippen LogP contribution < -0.4 is 23.7 Å². The maximum atomic E-state index is 14.9. The first-order chi connectivity index (χ1) is 33.8. The zero-order chi connectivity index (χ0) is 48.2. The minimum absolute atomic E-state index is 0.000312. The summed E-state index contributed by atoms with van der Waals surface area (Å²) < 4.78 is 44.0. The highest BCUT2D eigenvalue weighted by atomic mass is 16.7. The monoisotopic (exact) mass is 942 g/mol. The molecule has 4 aromatic carbocycles. The van der Waals surface area contributed by atoms with Gasteiger partial charge in [0.1, 0.15) is 35.6 Å². The summed E-state index contributed by atoms with van der Waals surface area (Å²) in [6, 6.07) is 25.3. The largest absolute Gasteiger partial charge is 0.496 e. The van der Waals surface area contributed by atoms with Gasteiger partial charge in [-0.05, 0) is 109 Å². The highest BCUT2D eigenvalue weighted by Crippen LogP contribution is 2.62. The number of carbonyl (C=O) groups excluding carboxylic acids is 2. The van der Waals surface area contributed by atoms with Crippen LogP contribution in [0.2, 0.25) is 0 Å². The Bertz CT molecular complexity index is 2490. The lowest BCUT2D eigenvalue weighted by atomic mass is 9.55. The van der Waals surface area contributed by atoms with E-state index < -0.39 is 23.8 Å². The number of carbonyl (C=O) groups is 2. The van der Waals surface area contributed by atoms with Gasteiger partial charge in [-0.3, -0.25) is 9.69 Å². The quantitative estimate of drug-likeness (QED) is 0.0296. The molecule has 14 nitrogen and oxygen atoms in total. The van der Waals surface area contributed by atoms with Gasteiger partial charge in [-0.2, -0.15) is 0 Å². The van der Waals surface area contributed by atoms with Crippen molar-refractivity contribution in [3.8, 4) is 34.5 Å². The fraction of sp³-hybridized carbons (Fsp3) is 0.400. The number of hydrogen-bond acceptors (Lipinski definition) is 13. The molecule has 6 atom stereocenters. The number of rotatable bonds is 24. The number of aliphatic hydroxyl groups excluding tert-OH is 2. The van der Waals surface area contributed by atoms with Crippen molar-refractivity contribution in [2.45, 2.75) is 82.3 Å². The van der Waals surface area contributed by atoms with Crippen LogP contribution in [0.25, 0.3) is 0 Å². The van der Waals surface area contributed by atoms with Crippen LogP contribution >= 0.6 is 0 Å². The topological polar surface area (TPSA) is 164 Å². The molecule has 8 rings (SSSR count). The number of fused-ring (bicyclic) bond motifs is 3. The van der Waals surface area contributed by atoms with Crippen LogP contribution in [0, 0.1) is 17.8 Å². The number of oxime groups is 1. The average Bonchev–Trinajstić information content (AvgIpc) is 3.85. The second-order valence-corrected chi connectivity index (χ2v) is 17.7. The van der Waals surface area contributed by atoms with Gasteiger partial charge in [-0.25, -0.2) is 4.79 Å². The minimum Gasteiger partial charge on any atom is -0.496 e. The van der Waals surface area contributed by atoms with E-state index in [0.29, 0.717) is 65.0 Å². The summed E-state index contributed by atoms with van der Waals surface area (Å²) in [4.78, 5) is 34.9. The third-order valence-electron chi connectivity index (χ3n) is 13.4. The van der Waals surface area contributed by atoms with E-state index in [1.165, 1.54) is 7.11 Å². The lowest BCUT2D eigenvalue weighted by Gasteiger charge is -2.59. The Labute approximate surface area is 403 Å². The third kappa shape index (κ3) is 10.8. The fourth-order valence-electron chi connectivity index (χ4n) is 10.3. The molecule has 0 spiro atoms. The summed E-state index contributed by atoms with van der Waals surface area (Å²) in [6.07, 6.45) is 10.7. The fourth-order valence-corrected chi connectivity index (χ4v) is 10.3. The Hall–Kier alpha value is -6.61. The van der Waals surface area contributed by atoms with Gasteiger partial charge >= 0.3 is 6.09 Å². The molecule has 0 bridgehead atoms. The second kappa shape index (κ2) is 23.1. The molecule has 0 aromatic heterocycles. The van der Waals surface area contributed by atoms with Crippen molar-refractivity contribution < 1.29 is 57.8 Å². The van der Waals surface area contributed by atoms with Gasteiger partial charge in [0, 0.05) is 37.7 Å². The van der Waals surface area contributed by atoms with Gasteiger partial charge in [-0.15, -0.1) is 13.2 Å². The van der Waals surface area contributed by atoms with Crippen LogP contribution in [0.1, 0.15) is 84.3 Å². The highest BCUT2D eigenvalue weighted by molar-refractivity contribution is 6.03. The minimum atomic E-state index is -1.55. The van der Waals surface area contributed by atoms with E-state index in [1.807, 2.05) is 66.7 Å². The number of amides is 1. The Morgan fingerprint density at radius 1 is 0.884 bits per heavy atom. The SMILES string of the molecule is C=CCCOC(=O)N(Cc1ccc2c(c1)OCO2)C1CC(=NOCc2ccccc2)C2=CC(CCCCO)C(CCCCO)C3c4cc(Oc5ccc(OC)c(C=O)c5)ccc4OC1(OCC=C)C23. The van der Waals surface area contributed by atoms with E-state index in [0.717, 1.165) is 54.2 Å². The predicted octanol–water partition coefficient (Wildman–Crippen LogP) is 10.1. The van der Waals surface area contributed by atoms with Crippen LogP contribution in [-0.2, 0) is 27.5 Å². The molecule has 1 amide bonds. The van der Waals surface area contributed by atoms with Crippen molar-refractivity contribution in [3.05, 3.63) is 144 Å². The maximum absolute atomic E-state index is 14.9. The molecule has 2 heterocycles. The molecule has 4 aliphatic rings. The molecule has 2 N–H and O–H groups in total. The van der Waals surface area contributed by atoms with E-state index >= 15 is 0 Å². The maximum Gasteiger partial charge on any atom is 0.410 e. The lowest BCUT2D eigenvalue weighted by molar-refractivity contribution is -0.256. The second-order valence-electron chi connectivity index (χ2n) is 17.7. The average molecular weight is 943 g/mol. The van der Waals surface area contributed by atoms with Gasteiger partial charge in [0.25, 0.3) is 0 Å². The molecule has 1 saturated carbocycles. The molecule has 0 saturated heterocycles. The summed E-state index contributed by atoms with van der Waals surface area (Å²) in [5.41, 5.74) is 4.44. The Morgan fingerprint density at radius 3 is 2.42 bits per heavy atom. The summed E-state index contributed by atoms with van der Waals surface area (Å²) in [6.45, 7) is 8.58. The number of aliphatic hydroxyl groups is 2. The highest BCUT2D eigenvalue weighted by Gasteiger charge is 2.65. The van der Waals surface area contributed by atoms with E-state index in [1.54, 1.807) is 35.3 Å². The molecule has 0 radical (unpaired) electrons. The molecule has 1 fully saturated rings. The van der Waals surface area contributed by atoms with Gasteiger partial charge in [0.05, 0.1) is 37.5 Å². The number of unbranched alkanes of at least 4 members (excludes halogenated alkanes) is 2. The van der Waals surface area contributed by atoms with E-state index in [-0.39, 0.29) is 70.5 Å². The number of ether oxygens (including phenoxy) is 7. The van der Waals surface area contributed by atoms with E-state index in [9.17, 15) is 19.8 Å². The molecule has 6 unspecified atom stereocenters. The molecule has 364 valence electrons. The summed E-state index contributed by atoms with van der Waals surface area (Å²) in [5.74, 6) is 0.619. The van der Waals surface area contributed by atoms with Crippen molar-refractivity contribution in [2.24, 2.45) is 22.9 Å². The van der Waals surface area contributed by atoms with Crippen LogP contribution in [0.3, 0.4) is 0 Å². The summed E-state index contributed by atoms with van der Waals surface area (Å²) >= 11 is 0. The van der Waals surface area contributed by atoms with E-state index in [4.69, 9.17) is 43.2 Å². The standard InChI is InChI=1S/C55H62N2O12/c1-4-6-27-63-54(61)57(33-38-18-21-49-50(28-38)65-36-64-49)51-32-46(56-67-35-37-14-8-7-9-15-37)44-30-39(16-10-12-24-58)43(17-11-13-25-59)52-45-31-42(68-41-19-22-47(62-3)40(29-41)34-60)20-23-48(45)69-55(51,53(44)52)66-26-5-2/h4-5,7-9,14-15,18-23,28-31,34,39,43,51-53,58-59H,1-2,6,10-13,16-17,24-27,32-33,35-36H2,3H3. The molecule has 2 aliphatic heterocycles. The number of methoxy groups -OCH3 is 1. The van der Waals surface area contributed by atoms with E-state index in [2.05, 4.69) is 19.2 Å². The molecule has 69 heavy (non-hydrogen) atoms. The summed E-state index contributed by atoms with van der Waals surface area (Å²) in [7, 11) is 1.51. The Kier molecular flexibility index (Phi) is 16.4. The Morgan fingerprint density at radius 2 is 1.65 bits per heavy atom. The van der Waals surface area contributed by atoms with Crippen LogP contribution in [0.5, 0.6) is 34.5 Å². The van der Waals surface area contributed by atoms with Crippen LogP contribution in [0.15, 0.2) is 127 Å². The zero-order valence-electron chi connectivity index (χ0n) is 39.2. The van der Waals surface area contributed by atoms with Crippen LogP contribution in [0.4, 0.5) is 4.79 Å². The Balaban J connectivity index is 1.33. The first-order valence-electron chi connectivity index (χ1n) is 23.8. The van der Waals surface area contributed by atoms with Crippen LogP contribution in [-0.4, -0.2) is 85.4 Å². The molecule has 14 heteroatoms. The number of nitrogens with zero attached hydrogens (tertiary/aromatic N) is 2. The molecule has 4 aromatic rings. The van der Waals surface area contributed by atoms with Gasteiger partial charge < -0.3 is 48.2 Å². The third-order valence-corrected chi connectivity index (χ3v) is 13.4. The molecular formula is C55H62N2O12. The first-order valence-corrected chi connectivity index (χ1v) is 23.8. The predicted molar refractivity (Wildman–Crippen MR) is 259 cm³/mol. The number of aldehydes is 1. The number of allylic oxidation sites excluding steroid dienone is 1. The van der Waals surface area contributed by atoms with Crippen molar-refractivity contribution in [1.82, 2.24) is 4.90 Å².